The minimum Gasteiger partial charge on any atom is -0.211 e. The van der Waals surface area contributed by atoms with Gasteiger partial charge in [0.25, 0.3) is 0 Å². The van der Waals surface area contributed by atoms with E-state index in [9.17, 15) is 9.59 Å². The average Bonchev–Trinajstić information content (AvgIpc) is 2.15. The summed E-state index contributed by atoms with van der Waals surface area (Å²) >= 11 is 0. The third kappa shape index (κ3) is 1.82. The Bertz CT molecular complexity index is 283. The molecule has 0 aliphatic heterocycles. The number of aliphatic imine (C=N–C) groups is 2. The number of isocyanates is 2. The molecule has 1 fully saturated rings. The molecular formula is C10H14N2O2. The maximum atomic E-state index is 10.3. The van der Waals surface area contributed by atoms with Gasteiger partial charge in [0.05, 0.1) is 0 Å². The van der Waals surface area contributed by atoms with Gasteiger partial charge in [0.15, 0.2) is 5.66 Å². The predicted molar refractivity (Wildman–Crippen MR) is 51.2 cm³/mol. The van der Waals surface area contributed by atoms with Crippen LogP contribution in [0.4, 0.5) is 0 Å². The van der Waals surface area contributed by atoms with E-state index in [1.54, 1.807) is 0 Å². The molecule has 2 unspecified atom stereocenters. The Labute approximate surface area is 83.1 Å². The Hall–Kier alpha value is -1.24. The van der Waals surface area contributed by atoms with Gasteiger partial charge in [-0.05, 0) is 18.8 Å². The summed E-state index contributed by atoms with van der Waals surface area (Å²) < 4.78 is 0. The summed E-state index contributed by atoms with van der Waals surface area (Å²) in [7, 11) is 0. The Morgan fingerprint density at radius 2 is 1.79 bits per heavy atom. The van der Waals surface area contributed by atoms with Crippen LogP contribution in [0.15, 0.2) is 9.98 Å². The molecule has 1 saturated carbocycles. The fourth-order valence-corrected chi connectivity index (χ4v) is 2.12. The van der Waals surface area contributed by atoms with Crippen molar-refractivity contribution in [2.24, 2.45) is 21.8 Å². The van der Waals surface area contributed by atoms with Crippen molar-refractivity contribution >= 4 is 12.2 Å². The Morgan fingerprint density at radius 1 is 1.21 bits per heavy atom. The summed E-state index contributed by atoms with van der Waals surface area (Å²) in [6.07, 6.45) is 5.70. The zero-order valence-corrected chi connectivity index (χ0v) is 8.49. The van der Waals surface area contributed by atoms with Gasteiger partial charge < -0.3 is 0 Å². The molecule has 0 amide bonds. The molecule has 2 atom stereocenters. The highest BCUT2D eigenvalue weighted by molar-refractivity contribution is 5.39. The fraction of sp³-hybridized carbons (Fsp3) is 0.800. The molecule has 0 heterocycles. The molecule has 0 aromatic heterocycles. The number of rotatable bonds is 2. The first-order chi connectivity index (χ1) is 6.66. The molecule has 4 heteroatoms. The second-order valence-corrected chi connectivity index (χ2v) is 3.94. The van der Waals surface area contributed by atoms with Crippen LogP contribution < -0.4 is 0 Å². The monoisotopic (exact) mass is 194 g/mol. The molecule has 4 nitrogen and oxygen atoms in total. The smallest absolute Gasteiger partial charge is 0.211 e. The maximum Gasteiger partial charge on any atom is 0.237 e. The van der Waals surface area contributed by atoms with Crippen molar-refractivity contribution in [2.75, 3.05) is 0 Å². The normalized spacial score (nSPS) is 36.7. The van der Waals surface area contributed by atoms with Crippen molar-refractivity contribution in [2.45, 2.75) is 38.8 Å². The van der Waals surface area contributed by atoms with Crippen LogP contribution >= 0.6 is 0 Å². The molecule has 0 saturated heterocycles. The summed E-state index contributed by atoms with van der Waals surface area (Å²) in [6, 6.07) is 0. The molecule has 1 rings (SSSR count). The van der Waals surface area contributed by atoms with Gasteiger partial charge in [0.2, 0.25) is 12.2 Å². The third-order valence-corrected chi connectivity index (χ3v) is 3.27. The van der Waals surface area contributed by atoms with E-state index in [1.807, 2.05) is 6.92 Å². The van der Waals surface area contributed by atoms with Crippen LogP contribution in [0.1, 0.15) is 33.1 Å². The number of hydrogen-bond donors (Lipinski definition) is 0. The molecule has 1 aliphatic carbocycles. The zero-order chi connectivity index (χ0) is 10.6. The van der Waals surface area contributed by atoms with Gasteiger partial charge in [-0.1, -0.05) is 20.3 Å². The van der Waals surface area contributed by atoms with Crippen LogP contribution in [-0.4, -0.2) is 17.8 Å². The topological polar surface area (TPSA) is 58.9 Å². The van der Waals surface area contributed by atoms with Crippen LogP contribution in [0.3, 0.4) is 0 Å². The lowest BCUT2D eigenvalue weighted by atomic mass is 9.74. The average molecular weight is 194 g/mol. The van der Waals surface area contributed by atoms with Crippen LogP contribution in [0.5, 0.6) is 0 Å². The summed E-state index contributed by atoms with van der Waals surface area (Å²) in [5.74, 6) is 0.511. The highest BCUT2D eigenvalue weighted by Gasteiger charge is 2.41. The van der Waals surface area contributed by atoms with Crippen LogP contribution in [0.2, 0.25) is 0 Å². The van der Waals surface area contributed by atoms with Crippen molar-refractivity contribution in [1.82, 2.24) is 0 Å². The van der Waals surface area contributed by atoms with Crippen molar-refractivity contribution in [3.63, 3.8) is 0 Å². The fourth-order valence-electron chi connectivity index (χ4n) is 2.12. The second kappa shape index (κ2) is 4.32. The van der Waals surface area contributed by atoms with E-state index >= 15 is 0 Å². The maximum absolute atomic E-state index is 10.3. The van der Waals surface area contributed by atoms with E-state index in [-0.39, 0.29) is 5.92 Å². The first kappa shape index (κ1) is 10.8. The van der Waals surface area contributed by atoms with E-state index in [2.05, 4.69) is 16.9 Å². The first-order valence-corrected chi connectivity index (χ1v) is 4.84. The highest BCUT2D eigenvalue weighted by Crippen LogP contribution is 2.40. The van der Waals surface area contributed by atoms with Gasteiger partial charge in [0.1, 0.15) is 0 Å². The van der Waals surface area contributed by atoms with Crippen LogP contribution in [-0.2, 0) is 9.59 Å². The Morgan fingerprint density at radius 3 is 2.29 bits per heavy atom. The summed E-state index contributed by atoms with van der Waals surface area (Å²) in [4.78, 5) is 28.1. The largest absolute Gasteiger partial charge is 0.237 e. The van der Waals surface area contributed by atoms with Crippen molar-refractivity contribution in [1.29, 1.82) is 0 Å². The standard InChI is InChI=1S/C10H14N2O2/c1-8-4-3-5-10(9(8)2,11-6-13)12-7-14/h8-9H,3-5H2,1-2H3. The van der Waals surface area contributed by atoms with Crippen molar-refractivity contribution < 1.29 is 9.59 Å². The van der Waals surface area contributed by atoms with Gasteiger partial charge in [-0.2, -0.15) is 9.98 Å². The molecule has 0 N–H and O–H groups in total. The summed E-state index contributed by atoms with van der Waals surface area (Å²) in [5, 5.41) is 0. The van der Waals surface area contributed by atoms with E-state index in [0.717, 1.165) is 12.8 Å². The number of nitrogens with zero attached hydrogens (tertiary/aromatic N) is 2. The van der Waals surface area contributed by atoms with Crippen molar-refractivity contribution in [3.05, 3.63) is 0 Å². The quantitative estimate of drug-likeness (QED) is 0.497. The van der Waals surface area contributed by atoms with E-state index in [1.165, 1.54) is 12.2 Å². The molecular weight excluding hydrogens is 180 g/mol. The molecule has 0 spiro atoms. The third-order valence-electron chi connectivity index (χ3n) is 3.27. The molecule has 14 heavy (non-hydrogen) atoms. The predicted octanol–water partition coefficient (Wildman–Crippen LogP) is 1.81. The highest BCUT2D eigenvalue weighted by atomic mass is 16.1. The van der Waals surface area contributed by atoms with E-state index < -0.39 is 5.66 Å². The molecule has 0 radical (unpaired) electrons. The molecule has 0 bridgehead atoms. The lowest BCUT2D eigenvalue weighted by Gasteiger charge is -2.37. The summed E-state index contributed by atoms with van der Waals surface area (Å²) in [6.45, 7) is 4.05. The lowest BCUT2D eigenvalue weighted by Crippen LogP contribution is -2.39. The number of carbonyl (C=O) groups excluding carboxylic acids is 2. The minimum absolute atomic E-state index is 0.0964. The Kier molecular flexibility index (Phi) is 3.34. The number of hydrogen-bond acceptors (Lipinski definition) is 4. The van der Waals surface area contributed by atoms with Gasteiger partial charge in [-0.15, -0.1) is 0 Å². The SMILES string of the molecule is CC1CCCC(N=C=O)(N=C=O)C1C. The molecule has 0 aromatic carbocycles. The van der Waals surface area contributed by atoms with Crippen LogP contribution in [0, 0.1) is 11.8 Å². The Balaban J connectivity index is 3.06. The molecule has 0 aromatic rings. The van der Waals surface area contributed by atoms with Gasteiger partial charge in [0, 0.05) is 5.92 Å². The van der Waals surface area contributed by atoms with E-state index in [0.29, 0.717) is 12.3 Å². The van der Waals surface area contributed by atoms with E-state index in [4.69, 9.17) is 0 Å². The van der Waals surface area contributed by atoms with Crippen molar-refractivity contribution in [3.8, 4) is 0 Å². The molecule has 1 aliphatic rings. The summed E-state index contributed by atoms with van der Waals surface area (Å²) in [5.41, 5.74) is -0.888. The lowest BCUT2D eigenvalue weighted by molar-refractivity contribution is 0.153. The minimum atomic E-state index is -0.888. The van der Waals surface area contributed by atoms with Gasteiger partial charge in [-0.25, -0.2) is 9.59 Å². The zero-order valence-electron chi connectivity index (χ0n) is 8.49. The molecule has 76 valence electrons. The second-order valence-electron chi connectivity index (χ2n) is 3.94. The van der Waals surface area contributed by atoms with Gasteiger partial charge >= 0.3 is 0 Å². The van der Waals surface area contributed by atoms with Crippen LogP contribution in [0.25, 0.3) is 0 Å². The van der Waals surface area contributed by atoms with Gasteiger partial charge in [-0.3, -0.25) is 0 Å². The first-order valence-electron chi connectivity index (χ1n) is 4.84.